The lowest BCUT2D eigenvalue weighted by atomic mass is 9.95. The Morgan fingerprint density at radius 2 is 0.896 bits per heavy atom. The van der Waals surface area contributed by atoms with Crippen LogP contribution >= 0.6 is 0 Å². The molecular formula is C44H26N4. The number of benzene rings is 7. The highest BCUT2D eigenvalue weighted by Crippen LogP contribution is 2.39. The van der Waals surface area contributed by atoms with Gasteiger partial charge in [0.05, 0.1) is 51.0 Å². The Morgan fingerprint density at radius 3 is 1.42 bits per heavy atom. The van der Waals surface area contributed by atoms with Crippen LogP contribution < -0.4 is 0 Å². The number of nitrogens with zero attached hydrogens (tertiary/aromatic N) is 4. The molecule has 9 aromatic rings. The Bertz CT molecular complexity index is 2690. The molecule has 0 saturated heterocycles. The molecule has 0 atom stereocenters. The van der Waals surface area contributed by atoms with Crippen molar-refractivity contribution in [2.75, 3.05) is 0 Å². The molecule has 0 N–H and O–H groups in total. The van der Waals surface area contributed by atoms with E-state index in [1.54, 1.807) is 0 Å². The highest BCUT2D eigenvalue weighted by Gasteiger charge is 2.18. The summed E-state index contributed by atoms with van der Waals surface area (Å²) in [7, 11) is 0. The highest BCUT2D eigenvalue weighted by molar-refractivity contribution is 6.10. The van der Waals surface area contributed by atoms with E-state index >= 15 is 0 Å². The summed E-state index contributed by atoms with van der Waals surface area (Å²) < 4.78 is 4.51. The molecule has 4 heteroatoms. The fourth-order valence-electron chi connectivity index (χ4n) is 7.31. The Morgan fingerprint density at radius 1 is 0.396 bits per heavy atom. The summed E-state index contributed by atoms with van der Waals surface area (Å²) in [6.07, 6.45) is 0. The third-order valence-electron chi connectivity index (χ3n) is 9.38. The molecule has 0 amide bonds. The molecule has 0 spiro atoms. The van der Waals surface area contributed by atoms with Crippen LogP contribution in [0.1, 0.15) is 11.1 Å². The van der Waals surface area contributed by atoms with Crippen molar-refractivity contribution in [2.45, 2.75) is 0 Å². The van der Waals surface area contributed by atoms with Crippen molar-refractivity contribution in [3.8, 4) is 45.8 Å². The third-order valence-corrected chi connectivity index (χ3v) is 9.38. The number of nitriles is 2. The molecule has 0 fully saturated rings. The van der Waals surface area contributed by atoms with Gasteiger partial charge in [-0.25, -0.2) is 0 Å². The number of hydrogen-bond donors (Lipinski definition) is 0. The minimum absolute atomic E-state index is 0.594. The van der Waals surface area contributed by atoms with Crippen molar-refractivity contribution >= 4 is 43.6 Å². The van der Waals surface area contributed by atoms with Crippen molar-refractivity contribution in [1.29, 1.82) is 10.5 Å². The normalized spacial score (nSPS) is 11.3. The summed E-state index contributed by atoms with van der Waals surface area (Å²) >= 11 is 0. The number of rotatable bonds is 4. The summed E-state index contributed by atoms with van der Waals surface area (Å²) in [6, 6.07) is 58.8. The molecule has 7 aromatic carbocycles. The molecule has 48 heavy (non-hydrogen) atoms. The summed E-state index contributed by atoms with van der Waals surface area (Å²) in [4.78, 5) is 0. The second kappa shape index (κ2) is 10.9. The van der Waals surface area contributed by atoms with E-state index in [1.165, 1.54) is 21.5 Å². The van der Waals surface area contributed by atoms with E-state index in [0.717, 1.165) is 55.7 Å². The predicted molar refractivity (Wildman–Crippen MR) is 195 cm³/mol. The highest BCUT2D eigenvalue weighted by atomic mass is 15.0. The monoisotopic (exact) mass is 610 g/mol. The van der Waals surface area contributed by atoms with E-state index in [0.29, 0.717) is 11.1 Å². The maximum absolute atomic E-state index is 10.3. The van der Waals surface area contributed by atoms with E-state index in [1.807, 2.05) is 24.3 Å². The molecule has 0 aliphatic heterocycles. The molecule has 2 aromatic heterocycles. The van der Waals surface area contributed by atoms with Gasteiger partial charge < -0.3 is 9.13 Å². The van der Waals surface area contributed by atoms with Crippen LogP contribution in [-0.4, -0.2) is 9.13 Å². The van der Waals surface area contributed by atoms with Gasteiger partial charge in [-0.2, -0.15) is 10.5 Å². The van der Waals surface area contributed by atoms with Gasteiger partial charge in [-0.1, -0.05) is 103 Å². The molecule has 0 aliphatic rings. The number of fused-ring (bicyclic) bond motifs is 6. The van der Waals surface area contributed by atoms with Gasteiger partial charge in [-0.3, -0.25) is 0 Å². The quantitative estimate of drug-likeness (QED) is 0.199. The molecule has 0 saturated carbocycles. The SMILES string of the molecule is N#Cc1cc(-c2ccc(-c3c(C#N)cccc3-n3c4ccccc4c4ccccc43)cc2)cc(-n2c3ccccc3c3ccccc32)c1. The Balaban J connectivity index is 1.20. The zero-order valence-corrected chi connectivity index (χ0v) is 25.8. The van der Waals surface area contributed by atoms with E-state index in [-0.39, 0.29) is 0 Å². The number of para-hydroxylation sites is 4. The minimum atomic E-state index is 0.594. The second-order valence-electron chi connectivity index (χ2n) is 12.0. The third kappa shape index (κ3) is 4.14. The Labute approximate surface area is 277 Å². The average molecular weight is 611 g/mol. The van der Waals surface area contributed by atoms with Crippen LogP contribution in [0, 0.1) is 22.7 Å². The predicted octanol–water partition coefficient (Wildman–Crippen LogP) is 11.0. The van der Waals surface area contributed by atoms with Gasteiger partial charge in [0, 0.05) is 32.8 Å². The van der Waals surface area contributed by atoms with Crippen LogP contribution in [0.2, 0.25) is 0 Å². The summed E-state index contributed by atoms with van der Waals surface area (Å²) in [5.74, 6) is 0. The van der Waals surface area contributed by atoms with Gasteiger partial charge in [-0.05, 0) is 71.3 Å². The first-order valence-corrected chi connectivity index (χ1v) is 15.9. The topological polar surface area (TPSA) is 57.4 Å². The first-order chi connectivity index (χ1) is 23.7. The van der Waals surface area contributed by atoms with Crippen LogP contribution in [0.25, 0.3) is 77.2 Å². The Hall–Kier alpha value is -6.88. The van der Waals surface area contributed by atoms with Crippen LogP contribution in [-0.2, 0) is 0 Å². The molecular weight excluding hydrogens is 585 g/mol. The molecule has 4 nitrogen and oxygen atoms in total. The number of aromatic nitrogens is 2. The van der Waals surface area contributed by atoms with Crippen molar-refractivity contribution in [2.24, 2.45) is 0 Å². The smallest absolute Gasteiger partial charge is 0.0998 e. The number of hydrogen-bond acceptors (Lipinski definition) is 2. The van der Waals surface area contributed by atoms with Gasteiger partial charge in [0.15, 0.2) is 0 Å². The van der Waals surface area contributed by atoms with Crippen molar-refractivity contribution in [3.05, 3.63) is 169 Å². The average Bonchev–Trinajstić information content (AvgIpc) is 3.67. The van der Waals surface area contributed by atoms with Crippen LogP contribution in [0.5, 0.6) is 0 Å². The molecule has 0 radical (unpaired) electrons. The fraction of sp³-hybridized carbons (Fsp3) is 0. The van der Waals surface area contributed by atoms with E-state index in [2.05, 4.69) is 155 Å². The maximum atomic E-state index is 10.3. The van der Waals surface area contributed by atoms with Crippen molar-refractivity contribution in [1.82, 2.24) is 9.13 Å². The van der Waals surface area contributed by atoms with Gasteiger partial charge in [0.25, 0.3) is 0 Å². The van der Waals surface area contributed by atoms with Crippen molar-refractivity contribution in [3.63, 3.8) is 0 Å². The van der Waals surface area contributed by atoms with Gasteiger partial charge in [-0.15, -0.1) is 0 Å². The van der Waals surface area contributed by atoms with Gasteiger partial charge in [0.1, 0.15) is 0 Å². The summed E-state index contributed by atoms with van der Waals surface area (Å²) in [5.41, 5.74) is 11.3. The second-order valence-corrected chi connectivity index (χ2v) is 12.0. The zero-order valence-electron chi connectivity index (χ0n) is 25.8. The minimum Gasteiger partial charge on any atom is -0.309 e. The van der Waals surface area contributed by atoms with Crippen LogP contribution in [0.15, 0.2) is 158 Å². The Kier molecular flexibility index (Phi) is 6.22. The lowest BCUT2D eigenvalue weighted by molar-refractivity contribution is 1.18. The molecule has 0 aliphatic carbocycles. The lowest BCUT2D eigenvalue weighted by Crippen LogP contribution is -1.99. The van der Waals surface area contributed by atoms with Crippen molar-refractivity contribution < 1.29 is 0 Å². The first-order valence-electron chi connectivity index (χ1n) is 15.9. The van der Waals surface area contributed by atoms with Crippen LogP contribution in [0.3, 0.4) is 0 Å². The maximum Gasteiger partial charge on any atom is 0.0998 e. The van der Waals surface area contributed by atoms with E-state index in [9.17, 15) is 10.5 Å². The summed E-state index contributed by atoms with van der Waals surface area (Å²) in [5, 5.41) is 25.1. The molecule has 9 rings (SSSR count). The largest absolute Gasteiger partial charge is 0.309 e. The van der Waals surface area contributed by atoms with E-state index < -0.39 is 0 Å². The van der Waals surface area contributed by atoms with Gasteiger partial charge >= 0.3 is 0 Å². The fourth-order valence-corrected chi connectivity index (χ4v) is 7.31. The van der Waals surface area contributed by atoms with Gasteiger partial charge in [0.2, 0.25) is 0 Å². The van der Waals surface area contributed by atoms with Crippen LogP contribution in [0.4, 0.5) is 0 Å². The van der Waals surface area contributed by atoms with E-state index in [4.69, 9.17) is 0 Å². The zero-order chi connectivity index (χ0) is 32.2. The molecule has 0 unspecified atom stereocenters. The molecule has 222 valence electrons. The molecule has 0 bridgehead atoms. The lowest BCUT2D eigenvalue weighted by Gasteiger charge is -2.16. The molecule has 2 heterocycles. The summed E-state index contributed by atoms with van der Waals surface area (Å²) in [6.45, 7) is 0. The first kappa shape index (κ1) is 27.4. The standard InChI is InChI=1S/C44H26N4/c45-27-29-24-33(26-34(25-29)47-39-15-5-1-11-35(39)36-12-2-6-16-40(36)47)30-20-22-31(23-21-30)44-32(28-46)10-9-19-43(44)48-41-17-7-3-13-37(41)38-14-4-8-18-42(38)48/h1-26H.